The number of anilines is 1. The van der Waals surface area contributed by atoms with E-state index in [9.17, 15) is 14.3 Å². The van der Waals surface area contributed by atoms with Gasteiger partial charge in [-0.3, -0.25) is 0 Å². The number of amides is 1. The normalized spacial score (nSPS) is 19.7. The van der Waals surface area contributed by atoms with Crippen molar-refractivity contribution in [1.29, 1.82) is 0 Å². The van der Waals surface area contributed by atoms with Gasteiger partial charge in [0.05, 0.1) is 68.1 Å². The molecule has 0 spiro atoms. The van der Waals surface area contributed by atoms with Crippen molar-refractivity contribution in [3.63, 3.8) is 0 Å². The summed E-state index contributed by atoms with van der Waals surface area (Å²) in [5, 5.41) is 13.3. The van der Waals surface area contributed by atoms with Crippen molar-refractivity contribution in [2.75, 3.05) is 46.5 Å². The summed E-state index contributed by atoms with van der Waals surface area (Å²) in [7, 11) is 4.63. The van der Waals surface area contributed by atoms with E-state index in [-0.39, 0.29) is 26.4 Å². The first kappa shape index (κ1) is 26.9. The number of carbonyl (C=O) groups is 1. The number of carboxylic acid groups (broad SMARTS) is 1. The van der Waals surface area contributed by atoms with Crippen LogP contribution in [0.2, 0.25) is 5.02 Å². The SMILES string of the molecule is COCc1nc(-c2ccc(OC)cc2Cl)c(COC)nc1N[C@@H]1C(C)N(C(=O)O)C[C@@H]1OCCF. The maximum atomic E-state index is 12.8. The van der Waals surface area contributed by atoms with E-state index < -0.39 is 31.0 Å². The number of hydrogen-bond acceptors (Lipinski definition) is 8. The van der Waals surface area contributed by atoms with Gasteiger partial charge in [0, 0.05) is 19.8 Å². The third-order valence-electron chi connectivity index (χ3n) is 5.78. The van der Waals surface area contributed by atoms with Crippen molar-refractivity contribution < 1.29 is 33.2 Å². The quantitative estimate of drug-likeness (QED) is 0.465. The van der Waals surface area contributed by atoms with Gasteiger partial charge in [0.2, 0.25) is 0 Å². The number of rotatable bonds is 11. The van der Waals surface area contributed by atoms with Crippen LogP contribution in [-0.4, -0.2) is 85.4 Å². The minimum absolute atomic E-state index is 0.103. The van der Waals surface area contributed by atoms with Crippen LogP contribution in [0, 0.1) is 0 Å². The minimum atomic E-state index is -1.08. The summed E-state index contributed by atoms with van der Waals surface area (Å²) in [4.78, 5) is 22.5. The van der Waals surface area contributed by atoms with Gasteiger partial charge in [-0.2, -0.15) is 0 Å². The van der Waals surface area contributed by atoms with Crippen molar-refractivity contribution >= 4 is 23.5 Å². The molecule has 0 radical (unpaired) electrons. The van der Waals surface area contributed by atoms with Crippen LogP contribution in [-0.2, 0) is 27.4 Å². The van der Waals surface area contributed by atoms with Crippen LogP contribution in [0.3, 0.4) is 0 Å². The van der Waals surface area contributed by atoms with Gasteiger partial charge in [-0.15, -0.1) is 0 Å². The summed E-state index contributed by atoms with van der Waals surface area (Å²) >= 11 is 6.51. The smallest absolute Gasteiger partial charge is 0.407 e. The summed E-state index contributed by atoms with van der Waals surface area (Å²) in [5.74, 6) is 0.998. The van der Waals surface area contributed by atoms with E-state index in [4.69, 9.17) is 40.5 Å². The molecule has 0 saturated carbocycles. The maximum absolute atomic E-state index is 12.8. The molecule has 2 heterocycles. The van der Waals surface area contributed by atoms with Crippen LogP contribution in [0.5, 0.6) is 5.75 Å². The summed E-state index contributed by atoms with van der Waals surface area (Å²) in [6.45, 7) is 1.33. The van der Waals surface area contributed by atoms with Crippen LogP contribution in [0.15, 0.2) is 18.2 Å². The molecule has 1 unspecified atom stereocenters. The predicted octanol–water partition coefficient (Wildman–Crippen LogP) is 3.62. The molecule has 35 heavy (non-hydrogen) atoms. The van der Waals surface area contributed by atoms with E-state index in [0.717, 1.165) is 0 Å². The van der Waals surface area contributed by atoms with Crippen molar-refractivity contribution in [3.8, 4) is 17.0 Å². The molecule has 2 N–H and O–H groups in total. The van der Waals surface area contributed by atoms with Crippen LogP contribution in [0.1, 0.15) is 18.3 Å². The second-order valence-corrected chi connectivity index (χ2v) is 8.38. The molecule has 0 bridgehead atoms. The molecular weight excluding hydrogens is 483 g/mol. The lowest BCUT2D eigenvalue weighted by molar-refractivity contribution is 0.0450. The molecule has 2 aromatic rings. The number of nitrogens with one attached hydrogen (secondary N) is 1. The largest absolute Gasteiger partial charge is 0.497 e. The molecular formula is C23H30ClFN4O6. The van der Waals surface area contributed by atoms with Crippen LogP contribution in [0.4, 0.5) is 15.0 Å². The highest BCUT2D eigenvalue weighted by Crippen LogP contribution is 2.34. The lowest BCUT2D eigenvalue weighted by Crippen LogP contribution is -2.42. The number of likely N-dealkylation sites (tertiary alicyclic amines) is 1. The van der Waals surface area contributed by atoms with Gasteiger partial charge in [0.25, 0.3) is 0 Å². The van der Waals surface area contributed by atoms with E-state index in [2.05, 4.69) is 5.32 Å². The Hall–Kier alpha value is -2.73. The van der Waals surface area contributed by atoms with E-state index >= 15 is 0 Å². The van der Waals surface area contributed by atoms with Gasteiger partial charge >= 0.3 is 6.09 Å². The first-order valence-corrected chi connectivity index (χ1v) is 11.4. The Morgan fingerprint density at radius 3 is 2.54 bits per heavy atom. The Labute approximate surface area is 208 Å². The van der Waals surface area contributed by atoms with Crippen LogP contribution < -0.4 is 10.1 Å². The molecule has 3 rings (SSSR count). The second-order valence-electron chi connectivity index (χ2n) is 7.97. The summed E-state index contributed by atoms with van der Waals surface area (Å²) in [5.41, 5.74) is 2.17. The topological polar surface area (TPSA) is 115 Å². The number of nitrogens with zero attached hydrogens (tertiary/aromatic N) is 3. The van der Waals surface area contributed by atoms with E-state index in [0.29, 0.717) is 39.2 Å². The van der Waals surface area contributed by atoms with Gasteiger partial charge in [0.15, 0.2) is 5.82 Å². The molecule has 12 heteroatoms. The average Bonchev–Trinajstić information content (AvgIpc) is 3.15. The molecule has 1 amide bonds. The summed E-state index contributed by atoms with van der Waals surface area (Å²) < 4.78 is 34.4. The molecule has 1 aromatic carbocycles. The van der Waals surface area contributed by atoms with Crippen molar-refractivity contribution in [3.05, 3.63) is 34.6 Å². The zero-order valence-electron chi connectivity index (χ0n) is 20.1. The Morgan fingerprint density at radius 2 is 1.94 bits per heavy atom. The zero-order valence-corrected chi connectivity index (χ0v) is 20.8. The summed E-state index contributed by atoms with van der Waals surface area (Å²) in [6.07, 6.45) is -1.65. The Kier molecular flexibility index (Phi) is 9.44. The van der Waals surface area contributed by atoms with Gasteiger partial charge in [0.1, 0.15) is 18.1 Å². The van der Waals surface area contributed by atoms with Crippen LogP contribution in [0.25, 0.3) is 11.3 Å². The van der Waals surface area contributed by atoms with Crippen LogP contribution >= 0.6 is 11.6 Å². The average molecular weight is 513 g/mol. The standard InChI is InChI=1S/C23H30ClFN4O6/c1-13-20(19(35-8-7-25)10-29(13)23(30)31)28-22-18(12-33-3)26-21(17(27-22)11-32-2)15-6-5-14(34-4)9-16(15)24/h5-6,9,13,19-20H,7-8,10-12H2,1-4H3,(H,27,28)(H,30,31)/t13?,19-,20+/m0/s1. The minimum Gasteiger partial charge on any atom is -0.497 e. The second kappa shape index (κ2) is 12.3. The number of hydrogen-bond donors (Lipinski definition) is 2. The molecule has 1 aliphatic rings. The fourth-order valence-corrected chi connectivity index (χ4v) is 4.34. The Morgan fingerprint density at radius 1 is 1.23 bits per heavy atom. The third kappa shape index (κ3) is 6.10. The Bertz CT molecular complexity index is 1030. The Balaban J connectivity index is 2.04. The molecule has 0 aliphatic carbocycles. The number of halogens is 2. The van der Waals surface area contributed by atoms with Crippen molar-refractivity contribution in [2.45, 2.75) is 38.3 Å². The molecule has 1 aromatic heterocycles. The number of ether oxygens (including phenoxy) is 4. The lowest BCUT2D eigenvalue weighted by Gasteiger charge is -2.26. The molecule has 3 atom stereocenters. The predicted molar refractivity (Wildman–Crippen MR) is 128 cm³/mol. The van der Waals surface area contributed by atoms with E-state index in [1.165, 1.54) is 12.0 Å². The maximum Gasteiger partial charge on any atom is 0.407 e. The number of benzene rings is 1. The van der Waals surface area contributed by atoms with Gasteiger partial charge in [-0.1, -0.05) is 11.6 Å². The first-order valence-electron chi connectivity index (χ1n) is 11.0. The number of methoxy groups -OCH3 is 3. The van der Waals surface area contributed by atoms with Gasteiger partial charge in [-0.25, -0.2) is 19.2 Å². The lowest BCUT2D eigenvalue weighted by atomic mass is 10.1. The van der Waals surface area contributed by atoms with Crippen molar-refractivity contribution in [2.24, 2.45) is 0 Å². The fourth-order valence-electron chi connectivity index (χ4n) is 4.08. The van der Waals surface area contributed by atoms with E-state index in [1.54, 1.807) is 39.3 Å². The fraction of sp³-hybridized carbons (Fsp3) is 0.522. The molecule has 1 aliphatic heterocycles. The molecule has 1 fully saturated rings. The zero-order chi connectivity index (χ0) is 25.5. The number of aromatic nitrogens is 2. The molecule has 10 nitrogen and oxygen atoms in total. The third-order valence-corrected chi connectivity index (χ3v) is 6.09. The van der Waals surface area contributed by atoms with Crippen molar-refractivity contribution in [1.82, 2.24) is 14.9 Å². The summed E-state index contributed by atoms with van der Waals surface area (Å²) in [6, 6.07) is 4.29. The van der Waals surface area contributed by atoms with Gasteiger partial charge in [-0.05, 0) is 25.1 Å². The highest BCUT2D eigenvalue weighted by atomic mass is 35.5. The number of alkyl halides is 1. The van der Waals surface area contributed by atoms with Gasteiger partial charge < -0.3 is 34.3 Å². The molecule has 1 saturated heterocycles. The highest BCUT2D eigenvalue weighted by molar-refractivity contribution is 6.33. The molecule has 192 valence electrons. The first-order chi connectivity index (χ1) is 16.8. The monoisotopic (exact) mass is 512 g/mol. The highest BCUT2D eigenvalue weighted by Gasteiger charge is 2.43. The van der Waals surface area contributed by atoms with E-state index in [1.807, 2.05) is 0 Å².